The first kappa shape index (κ1) is 16.6. The fourth-order valence-corrected chi connectivity index (χ4v) is 1.87. The van der Waals surface area contributed by atoms with E-state index >= 15 is 0 Å². The van der Waals surface area contributed by atoms with Gasteiger partial charge >= 0.3 is 0 Å². The van der Waals surface area contributed by atoms with Gasteiger partial charge in [0, 0.05) is 18.6 Å². The first-order valence-corrected chi connectivity index (χ1v) is 6.85. The Morgan fingerprint density at radius 3 is 2.55 bits per heavy atom. The minimum Gasteiger partial charge on any atom is -0.344 e. The van der Waals surface area contributed by atoms with Crippen LogP contribution in [-0.2, 0) is 9.59 Å². The third kappa shape index (κ3) is 5.26. The summed E-state index contributed by atoms with van der Waals surface area (Å²) in [7, 11) is 5.05. The second kappa shape index (κ2) is 7.35. The maximum Gasteiger partial charge on any atom is 0.279 e. The van der Waals surface area contributed by atoms with Crippen molar-refractivity contribution in [3.8, 4) is 0 Å². The first-order valence-electron chi connectivity index (χ1n) is 6.06. The van der Waals surface area contributed by atoms with Crippen LogP contribution in [0.2, 0.25) is 0 Å². The predicted molar refractivity (Wildman–Crippen MR) is 78.0 cm³/mol. The number of likely N-dealkylation sites (N-methyl/N-ethyl adjacent to an activating group) is 2. The summed E-state index contributed by atoms with van der Waals surface area (Å²) >= 11 is 3.14. The van der Waals surface area contributed by atoms with Crippen molar-refractivity contribution in [1.29, 1.82) is 0 Å². The van der Waals surface area contributed by atoms with Gasteiger partial charge in [-0.1, -0.05) is 15.9 Å². The molecule has 1 aromatic rings. The van der Waals surface area contributed by atoms with Crippen LogP contribution < -0.4 is 10.2 Å². The average molecular weight is 347 g/mol. The van der Waals surface area contributed by atoms with Gasteiger partial charge in [-0.05, 0) is 18.2 Å². The highest BCUT2D eigenvalue weighted by Crippen LogP contribution is 2.18. The van der Waals surface area contributed by atoms with E-state index in [2.05, 4.69) is 21.2 Å². The number of amides is 2. The molecule has 0 fully saturated rings. The molecule has 1 atom stereocenters. The summed E-state index contributed by atoms with van der Waals surface area (Å²) in [5.41, 5.74) is 0.130. The van der Waals surface area contributed by atoms with Gasteiger partial charge in [-0.25, -0.2) is 4.39 Å². The van der Waals surface area contributed by atoms with Crippen molar-refractivity contribution in [2.24, 2.45) is 0 Å². The Bertz CT molecular complexity index is 508. The molecule has 20 heavy (non-hydrogen) atoms. The van der Waals surface area contributed by atoms with Crippen LogP contribution >= 0.6 is 15.9 Å². The molecule has 0 aliphatic rings. The molecule has 7 heteroatoms. The lowest BCUT2D eigenvalue weighted by Crippen LogP contribution is -3.11. The highest BCUT2D eigenvalue weighted by atomic mass is 79.9. The van der Waals surface area contributed by atoms with E-state index in [0.29, 0.717) is 4.47 Å². The van der Waals surface area contributed by atoms with Gasteiger partial charge in [0.1, 0.15) is 5.82 Å². The summed E-state index contributed by atoms with van der Waals surface area (Å²) < 4.78 is 14.2. The SMILES string of the molecule is CN(C)C(=O)C[NH+](C)CC(=O)Nc1ccc(Br)cc1F. The van der Waals surface area contributed by atoms with Crippen molar-refractivity contribution in [3.63, 3.8) is 0 Å². The smallest absolute Gasteiger partial charge is 0.279 e. The maximum absolute atomic E-state index is 13.6. The highest BCUT2D eigenvalue weighted by molar-refractivity contribution is 9.10. The Kier molecular flexibility index (Phi) is 6.09. The van der Waals surface area contributed by atoms with Gasteiger partial charge in [-0.3, -0.25) is 9.59 Å². The molecule has 5 nitrogen and oxygen atoms in total. The van der Waals surface area contributed by atoms with E-state index < -0.39 is 5.82 Å². The number of carbonyl (C=O) groups excluding carboxylic acids is 2. The molecule has 1 aromatic carbocycles. The van der Waals surface area contributed by atoms with Gasteiger partial charge < -0.3 is 15.1 Å². The van der Waals surface area contributed by atoms with Crippen LogP contribution in [0, 0.1) is 5.82 Å². The minimum absolute atomic E-state index is 0.0647. The topological polar surface area (TPSA) is 53.9 Å². The number of nitrogens with one attached hydrogen (secondary N) is 2. The summed E-state index contributed by atoms with van der Waals surface area (Å²) in [6.07, 6.45) is 0. The zero-order valence-corrected chi connectivity index (χ0v) is 13.3. The number of quaternary nitrogens is 1. The van der Waals surface area contributed by atoms with Gasteiger partial charge in [-0.15, -0.1) is 0 Å². The fraction of sp³-hybridized carbons (Fsp3) is 0.385. The molecule has 1 unspecified atom stereocenters. The second-order valence-electron chi connectivity index (χ2n) is 4.77. The van der Waals surface area contributed by atoms with Gasteiger partial charge in [0.25, 0.3) is 11.8 Å². The number of rotatable bonds is 5. The summed E-state index contributed by atoms with van der Waals surface area (Å²) in [4.78, 5) is 25.5. The molecule has 0 saturated carbocycles. The Morgan fingerprint density at radius 1 is 1.35 bits per heavy atom. The molecule has 0 saturated heterocycles. The number of benzene rings is 1. The fourth-order valence-electron chi connectivity index (χ4n) is 1.54. The average Bonchev–Trinajstić information content (AvgIpc) is 2.32. The molecular weight excluding hydrogens is 329 g/mol. The van der Waals surface area contributed by atoms with E-state index in [1.807, 2.05) is 0 Å². The Balaban J connectivity index is 2.53. The van der Waals surface area contributed by atoms with Crippen LogP contribution in [-0.4, -0.2) is 50.9 Å². The summed E-state index contributed by atoms with van der Waals surface area (Å²) in [6.45, 7) is 0.304. The third-order valence-corrected chi connectivity index (χ3v) is 3.11. The Morgan fingerprint density at radius 2 is 2.00 bits per heavy atom. The Hall–Kier alpha value is -1.47. The third-order valence-electron chi connectivity index (χ3n) is 2.62. The van der Waals surface area contributed by atoms with Gasteiger partial charge in [0.05, 0.1) is 12.7 Å². The monoisotopic (exact) mass is 346 g/mol. The molecule has 110 valence electrons. The molecule has 0 heterocycles. The van der Waals surface area contributed by atoms with Crippen molar-refractivity contribution in [2.75, 3.05) is 39.5 Å². The van der Waals surface area contributed by atoms with Crippen LogP contribution in [0.4, 0.5) is 10.1 Å². The first-order chi connectivity index (χ1) is 9.29. The van der Waals surface area contributed by atoms with Crippen LogP contribution in [0.3, 0.4) is 0 Å². The van der Waals surface area contributed by atoms with Crippen LogP contribution in [0.15, 0.2) is 22.7 Å². The molecular formula is C13H18BrFN3O2+. The van der Waals surface area contributed by atoms with Crippen molar-refractivity contribution in [2.45, 2.75) is 0 Å². The van der Waals surface area contributed by atoms with E-state index in [4.69, 9.17) is 0 Å². The molecule has 1 rings (SSSR count). The molecule has 0 bridgehead atoms. The van der Waals surface area contributed by atoms with Gasteiger partial charge in [0.15, 0.2) is 13.1 Å². The van der Waals surface area contributed by atoms with E-state index in [1.54, 1.807) is 27.2 Å². The molecule has 0 aromatic heterocycles. The van der Waals surface area contributed by atoms with E-state index in [-0.39, 0.29) is 30.6 Å². The van der Waals surface area contributed by atoms with Crippen molar-refractivity contribution >= 4 is 33.4 Å². The summed E-state index contributed by atoms with van der Waals surface area (Å²) in [5.74, 6) is -0.907. The normalized spacial score (nSPS) is 11.8. The van der Waals surface area contributed by atoms with Crippen molar-refractivity contribution in [3.05, 3.63) is 28.5 Å². The maximum atomic E-state index is 13.6. The van der Waals surface area contributed by atoms with Crippen LogP contribution in [0.1, 0.15) is 0 Å². The Labute approximate surface area is 125 Å². The largest absolute Gasteiger partial charge is 0.344 e. The van der Waals surface area contributed by atoms with Crippen molar-refractivity contribution < 1.29 is 18.9 Å². The molecule has 2 amide bonds. The molecule has 0 aliphatic carbocycles. The zero-order chi connectivity index (χ0) is 15.3. The second-order valence-corrected chi connectivity index (χ2v) is 5.69. The van der Waals surface area contributed by atoms with Gasteiger partial charge in [-0.2, -0.15) is 0 Å². The number of hydrogen-bond donors (Lipinski definition) is 2. The standard InChI is InChI=1S/C13H17BrFN3O2/c1-17(2)13(20)8-18(3)7-12(19)16-11-5-4-9(14)6-10(11)15/h4-6H,7-8H2,1-3H3,(H,16,19)/p+1. The van der Waals surface area contributed by atoms with Crippen molar-refractivity contribution in [1.82, 2.24) is 4.90 Å². The predicted octanol–water partition coefficient (Wildman–Crippen LogP) is 0.130. The number of hydrogen-bond acceptors (Lipinski definition) is 2. The number of carbonyl (C=O) groups is 2. The highest BCUT2D eigenvalue weighted by Gasteiger charge is 2.16. The van der Waals surface area contributed by atoms with E-state index in [9.17, 15) is 14.0 Å². The van der Waals surface area contributed by atoms with Gasteiger partial charge in [0.2, 0.25) is 0 Å². The molecule has 0 aliphatic heterocycles. The lowest BCUT2D eigenvalue weighted by atomic mass is 10.3. The number of anilines is 1. The molecule has 2 N–H and O–H groups in total. The molecule has 0 spiro atoms. The van der Waals surface area contributed by atoms with E-state index in [0.717, 1.165) is 4.90 Å². The minimum atomic E-state index is -0.505. The quantitative estimate of drug-likeness (QED) is 0.796. The van der Waals surface area contributed by atoms with Crippen LogP contribution in [0.5, 0.6) is 0 Å². The van der Waals surface area contributed by atoms with E-state index in [1.165, 1.54) is 17.0 Å². The lowest BCUT2D eigenvalue weighted by molar-refractivity contribution is -0.862. The number of nitrogens with zero attached hydrogens (tertiary/aromatic N) is 1. The molecule has 0 radical (unpaired) electrons. The lowest BCUT2D eigenvalue weighted by Gasteiger charge is -2.16. The number of halogens is 2. The van der Waals surface area contributed by atoms with Crippen LogP contribution in [0.25, 0.3) is 0 Å². The zero-order valence-electron chi connectivity index (χ0n) is 11.7. The summed E-state index contributed by atoms with van der Waals surface area (Å²) in [5, 5.41) is 2.49. The summed E-state index contributed by atoms with van der Waals surface area (Å²) in [6, 6.07) is 4.41.